The lowest BCUT2D eigenvalue weighted by Crippen LogP contribution is -2.67. The molecule has 12 heteroatoms. The molecule has 0 aromatic carbocycles. The first-order chi connectivity index (χ1) is 9.06. The molecule has 0 amide bonds. The lowest BCUT2D eigenvalue weighted by atomic mass is 9.86. The molecule has 1 fully saturated rings. The molecule has 1 rings (SSSR count). The van der Waals surface area contributed by atoms with Gasteiger partial charge in [-0.3, -0.25) is 0 Å². The number of aliphatic hydroxyl groups is 3. The number of aliphatic hydroxyl groups excluding tert-OH is 2. The highest BCUT2D eigenvalue weighted by Gasteiger charge is 2.57. The molecular weight excluding hydrogens is 302 g/mol. The van der Waals surface area contributed by atoms with Crippen LogP contribution in [0.5, 0.6) is 0 Å². The van der Waals surface area contributed by atoms with Crippen molar-refractivity contribution in [2.45, 2.75) is 37.1 Å². The van der Waals surface area contributed by atoms with E-state index in [2.05, 4.69) is 18.8 Å². The van der Waals surface area contributed by atoms with Crippen molar-refractivity contribution in [3.05, 3.63) is 0 Å². The molecule has 1 aliphatic rings. The zero-order valence-electron chi connectivity index (χ0n) is 10.5. The van der Waals surface area contributed by atoms with E-state index >= 15 is 0 Å². The van der Waals surface area contributed by atoms with Crippen molar-refractivity contribution in [3.8, 4) is 0 Å². The molecular formula is C8H16NO10S+. The molecule has 118 valence electrons. The topological polar surface area (TPSA) is 180 Å². The number of methoxy groups -OCH3 is 1. The molecule has 6 atom stereocenters. The second-order valence-corrected chi connectivity index (χ2v) is 5.43. The molecule has 1 heterocycles. The second kappa shape index (κ2) is 5.87. The first-order valence-corrected chi connectivity index (χ1v) is 6.58. The summed E-state index contributed by atoms with van der Waals surface area (Å²) in [6.07, 6.45) is -7.62. The van der Waals surface area contributed by atoms with Crippen LogP contribution in [0.1, 0.15) is 6.92 Å². The zero-order chi connectivity index (χ0) is 15.7. The van der Waals surface area contributed by atoms with E-state index in [0.29, 0.717) is 0 Å². The van der Waals surface area contributed by atoms with Crippen molar-refractivity contribution < 1.29 is 46.5 Å². The Hall–Kier alpha value is -0.860. The van der Waals surface area contributed by atoms with Gasteiger partial charge in [0.15, 0.2) is 18.5 Å². The highest BCUT2D eigenvalue weighted by atomic mass is 32.3. The molecule has 6 N–H and O–H groups in total. The van der Waals surface area contributed by atoms with Crippen LogP contribution in [0.2, 0.25) is 0 Å². The number of ether oxygens (including phenoxy) is 2. The van der Waals surface area contributed by atoms with Crippen LogP contribution in [-0.4, -0.2) is 67.4 Å². The lowest BCUT2D eigenvalue weighted by molar-refractivity contribution is -0.303. The molecule has 1 unspecified atom stereocenters. The van der Waals surface area contributed by atoms with Gasteiger partial charge in [0.1, 0.15) is 11.7 Å². The van der Waals surface area contributed by atoms with Crippen LogP contribution in [0.3, 0.4) is 0 Å². The molecule has 20 heavy (non-hydrogen) atoms. The van der Waals surface area contributed by atoms with Gasteiger partial charge in [0.25, 0.3) is 0 Å². The zero-order valence-corrected chi connectivity index (χ0v) is 11.3. The average Bonchev–Trinajstić information content (AvgIpc) is 2.38. The molecule has 0 aliphatic carbocycles. The normalized spacial score (nSPS) is 40.8. The number of esters is 1. The lowest BCUT2D eigenvalue weighted by Gasteiger charge is -2.44. The van der Waals surface area contributed by atoms with E-state index in [4.69, 9.17) is 9.29 Å². The molecule has 1 aliphatic heterocycles. The second-order valence-electron chi connectivity index (χ2n) is 4.19. The number of rotatable bonds is 3. The van der Waals surface area contributed by atoms with Crippen LogP contribution in [-0.2, 0) is 32.8 Å². The van der Waals surface area contributed by atoms with Gasteiger partial charge in [0.05, 0.1) is 7.11 Å². The van der Waals surface area contributed by atoms with Crippen molar-refractivity contribution in [1.29, 1.82) is 0 Å². The molecule has 1 saturated heterocycles. The van der Waals surface area contributed by atoms with Gasteiger partial charge >= 0.3 is 16.4 Å². The van der Waals surface area contributed by atoms with Crippen molar-refractivity contribution in [3.63, 3.8) is 0 Å². The Balaban J connectivity index is 3.06. The summed E-state index contributed by atoms with van der Waals surface area (Å²) in [6.45, 7) is 0.990. The molecule has 0 bridgehead atoms. The van der Waals surface area contributed by atoms with Gasteiger partial charge in [-0.2, -0.15) is 4.18 Å². The van der Waals surface area contributed by atoms with Gasteiger partial charge in [-0.1, -0.05) is 0 Å². The van der Waals surface area contributed by atoms with E-state index in [-0.39, 0.29) is 0 Å². The predicted octanol–water partition coefficient (Wildman–Crippen LogP) is -3.20. The van der Waals surface area contributed by atoms with Crippen molar-refractivity contribution >= 4 is 16.4 Å². The third-order valence-electron chi connectivity index (χ3n) is 2.77. The monoisotopic (exact) mass is 318 g/mol. The Bertz CT molecular complexity index is 484. The standard InChI is InChI=1S/C8H15NO10S/c1-8(13)4(10)3(18-20(14,15)19-9)6(11)17-5(8)7(12)16-2/h3-6,10-11,13H,9H2,1-2H3/p+1/t3-,4-,5+,6-,8+/m1/s1. The molecule has 11 nitrogen and oxygen atoms in total. The summed E-state index contributed by atoms with van der Waals surface area (Å²) in [5.41, 5.74) is -2.26. The third kappa shape index (κ3) is 3.24. The van der Waals surface area contributed by atoms with E-state index in [1.807, 2.05) is 0 Å². The molecule has 0 spiro atoms. The summed E-state index contributed by atoms with van der Waals surface area (Å²) in [7, 11) is -3.47. The number of carbonyl (C=O) groups excluding carboxylic acids is 1. The Morgan fingerprint density at radius 1 is 1.50 bits per heavy atom. The minimum absolute atomic E-state index is 0.990. The third-order valence-corrected chi connectivity index (χ3v) is 3.48. The number of carbonyl (C=O) groups is 1. The first kappa shape index (κ1) is 17.2. The van der Waals surface area contributed by atoms with Gasteiger partial charge in [-0.25, -0.2) is 9.35 Å². The maximum absolute atomic E-state index is 11.4. The van der Waals surface area contributed by atoms with Crippen molar-refractivity contribution in [1.82, 2.24) is 0 Å². The van der Waals surface area contributed by atoms with Gasteiger partial charge < -0.3 is 24.8 Å². The number of nitrogens with two attached hydrogens (primary N) is 1. The maximum atomic E-state index is 11.4. The summed E-state index contributed by atoms with van der Waals surface area (Å²) < 4.78 is 37.2. The van der Waals surface area contributed by atoms with Crippen LogP contribution in [0.4, 0.5) is 0 Å². The SMILES string of the molecule is COC(=O)[C@@H]1O[C@@H](O)[C@H](OS(=O)(O)=[O+]N)[C@@H](O)[C@]1(C)O. The molecule has 0 radical (unpaired) electrons. The van der Waals surface area contributed by atoms with Gasteiger partial charge in [0.2, 0.25) is 0 Å². The van der Waals surface area contributed by atoms with E-state index in [1.54, 1.807) is 0 Å². The Labute approximate surface area is 114 Å². The fourth-order valence-corrected chi connectivity index (χ4v) is 2.19. The number of hydrogen-bond donors (Lipinski definition) is 5. The maximum Gasteiger partial charge on any atom is 0.590 e. The number of hydrogen-bond acceptors (Lipinski definition) is 8. The predicted molar refractivity (Wildman–Crippen MR) is 60.0 cm³/mol. The van der Waals surface area contributed by atoms with E-state index in [9.17, 15) is 24.3 Å². The first-order valence-electron chi connectivity index (χ1n) is 5.21. The Kier molecular flexibility index (Phi) is 5.04. The Morgan fingerprint density at radius 2 is 2.05 bits per heavy atom. The van der Waals surface area contributed by atoms with Crippen LogP contribution < -0.4 is 5.90 Å². The van der Waals surface area contributed by atoms with Crippen LogP contribution >= 0.6 is 0 Å². The molecule has 0 aromatic rings. The summed E-state index contributed by atoms with van der Waals surface area (Å²) >= 11 is 0. The smallest absolute Gasteiger partial charge is 0.467 e. The quantitative estimate of drug-likeness (QED) is 0.154. The van der Waals surface area contributed by atoms with Crippen LogP contribution in [0.15, 0.2) is 0 Å². The van der Waals surface area contributed by atoms with Crippen LogP contribution in [0, 0.1) is 0 Å². The minimum atomic E-state index is -4.48. The molecule has 0 aromatic heterocycles. The van der Waals surface area contributed by atoms with Crippen molar-refractivity contribution in [2.24, 2.45) is 5.90 Å². The van der Waals surface area contributed by atoms with E-state index < -0.39 is 46.6 Å². The summed E-state index contributed by atoms with van der Waals surface area (Å²) in [6, 6.07) is 0. The highest BCUT2D eigenvalue weighted by Crippen LogP contribution is 2.31. The van der Waals surface area contributed by atoms with Crippen LogP contribution in [0.25, 0.3) is 0 Å². The molecule has 0 saturated carbocycles. The fourth-order valence-electron chi connectivity index (χ4n) is 1.66. The summed E-state index contributed by atoms with van der Waals surface area (Å²) in [5, 5.41) is 29.5. The van der Waals surface area contributed by atoms with Crippen molar-refractivity contribution in [2.75, 3.05) is 7.11 Å². The van der Waals surface area contributed by atoms with E-state index in [1.165, 1.54) is 0 Å². The minimum Gasteiger partial charge on any atom is -0.467 e. The highest BCUT2D eigenvalue weighted by molar-refractivity contribution is 7.81. The average molecular weight is 318 g/mol. The summed E-state index contributed by atoms with van der Waals surface area (Å²) in [5.74, 6) is 3.42. The van der Waals surface area contributed by atoms with Gasteiger partial charge in [-0.05, 0) is 10.9 Å². The Morgan fingerprint density at radius 3 is 2.50 bits per heavy atom. The van der Waals surface area contributed by atoms with E-state index in [0.717, 1.165) is 14.0 Å². The fraction of sp³-hybridized carbons (Fsp3) is 0.875. The summed E-state index contributed by atoms with van der Waals surface area (Å²) in [4.78, 5) is 11.4. The van der Waals surface area contributed by atoms with Gasteiger partial charge in [0, 0.05) is 5.90 Å². The largest absolute Gasteiger partial charge is 0.590 e. The van der Waals surface area contributed by atoms with Gasteiger partial charge in [-0.15, -0.1) is 4.21 Å².